The van der Waals surface area contributed by atoms with Gasteiger partial charge >= 0.3 is 0 Å². The molecule has 0 saturated carbocycles. The van der Waals surface area contributed by atoms with E-state index >= 15 is 0 Å². The average Bonchev–Trinajstić information content (AvgIpc) is 3.20. The van der Waals surface area contributed by atoms with Crippen LogP contribution in [-0.4, -0.2) is 32.0 Å². The normalized spacial score (nSPS) is 10.6. The summed E-state index contributed by atoms with van der Waals surface area (Å²) in [5.41, 5.74) is 1.62. The molecule has 4 aromatic rings. The molecule has 4 rings (SSSR count). The maximum absolute atomic E-state index is 12.2. The minimum Gasteiger partial charge on any atom is -0.483 e. The van der Waals surface area contributed by atoms with Gasteiger partial charge in [0, 0.05) is 24.1 Å². The van der Waals surface area contributed by atoms with Crippen molar-refractivity contribution in [1.82, 2.24) is 19.5 Å². The number of carbonyl (C=O) groups is 1. The third kappa shape index (κ3) is 5.10. The molecule has 2 aromatic heterocycles. The van der Waals surface area contributed by atoms with Gasteiger partial charge in [-0.25, -0.2) is 9.97 Å². The van der Waals surface area contributed by atoms with E-state index < -0.39 is 0 Å². The molecular weight excluding hydrogens is 406 g/mol. The van der Waals surface area contributed by atoms with Crippen LogP contribution in [0.5, 0.6) is 17.4 Å². The number of amides is 1. The van der Waals surface area contributed by atoms with Crippen molar-refractivity contribution in [3.63, 3.8) is 0 Å². The molecule has 1 amide bonds. The molecule has 2 aromatic carbocycles. The first-order chi connectivity index (χ1) is 15.5. The van der Waals surface area contributed by atoms with Crippen molar-refractivity contribution in [2.24, 2.45) is 0 Å². The Balaban J connectivity index is 1.38. The van der Waals surface area contributed by atoms with Crippen LogP contribution in [0, 0.1) is 20.8 Å². The number of hydrogen-bond acceptors (Lipinski definition) is 6. The summed E-state index contributed by atoms with van der Waals surface area (Å²) in [6.45, 7) is 5.57. The van der Waals surface area contributed by atoms with E-state index in [9.17, 15) is 4.79 Å². The molecule has 162 valence electrons. The number of benzene rings is 2. The second kappa shape index (κ2) is 9.30. The van der Waals surface area contributed by atoms with Crippen molar-refractivity contribution < 1.29 is 14.3 Å². The summed E-state index contributed by atoms with van der Waals surface area (Å²) in [7, 11) is 0. The van der Waals surface area contributed by atoms with Crippen LogP contribution >= 0.6 is 0 Å². The summed E-state index contributed by atoms with van der Waals surface area (Å²) in [5.74, 6) is 3.55. The molecule has 0 bridgehead atoms. The van der Waals surface area contributed by atoms with Gasteiger partial charge in [0.15, 0.2) is 6.61 Å². The van der Waals surface area contributed by atoms with E-state index in [1.807, 2.05) is 48.9 Å². The van der Waals surface area contributed by atoms with Gasteiger partial charge in [-0.2, -0.15) is 4.98 Å². The Kier molecular flexibility index (Phi) is 6.12. The van der Waals surface area contributed by atoms with Gasteiger partial charge in [0.05, 0.1) is 0 Å². The number of hydrogen-bond donors (Lipinski definition) is 1. The molecule has 0 spiro atoms. The van der Waals surface area contributed by atoms with E-state index in [2.05, 4.69) is 20.3 Å². The lowest BCUT2D eigenvalue weighted by atomic mass is 10.2. The average molecular weight is 429 g/mol. The van der Waals surface area contributed by atoms with Gasteiger partial charge in [-0.1, -0.05) is 18.2 Å². The molecule has 8 nitrogen and oxygen atoms in total. The first-order valence-electron chi connectivity index (χ1n) is 10.1. The van der Waals surface area contributed by atoms with Crippen LogP contribution < -0.4 is 14.8 Å². The molecule has 0 unspecified atom stereocenters. The van der Waals surface area contributed by atoms with Gasteiger partial charge in [0.25, 0.3) is 5.91 Å². The highest BCUT2D eigenvalue weighted by molar-refractivity contribution is 5.91. The number of anilines is 1. The molecule has 0 radical (unpaired) electrons. The summed E-state index contributed by atoms with van der Waals surface area (Å²) >= 11 is 0. The number of imidazole rings is 1. The van der Waals surface area contributed by atoms with Crippen LogP contribution in [0.2, 0.25) is 0 Å². The van der Waals surface area contributed by atoms with Crippen LogP contribution in [-0.2, 0) is 4.79 Å². The lowest BCUT2D eigenvalue weighted by Crippen LogP contribution is -2.20. The smallest absolute Gasteiger partial charge is 0.262 e. The summed E-state index contributed by atoms with van der Waals surface area (Å²) in [5, 5.41) is 2.81. The standard InChI is InChI=1S/C24H23N5O3/c1-16-6-4-5-7-21(16)31-15-23(30)28-19-8-10-20(11-9-19)32-24-14-22(26-17(2)27-24)29-13-12-25-18(29)3/h4-14H,15H2,1-3H3,(H,28,30). The predicted octanol–water partition coefficient (Wildman–Crippen LogP) is 4.40. The second-order valence-corrected chi connectivity index (χ2v) is 7.18. The number of ether oxygens (including phenoxy) is 2. The van der Waals surface area contributed by atoms with Crippen molar-refractivity contribution in [3.05, 3.63) is 84.2 Å². The SMILES string of the molecule is Cc1nc(Oc2ccc(NC(=O)COc3ccccc3C)cc2)cc(-n2ccnc2C)n1. The predicted molar refractivity (Wildman–Crippen MR) is 120 cm³/mol. The lowest BCUT2D eigenvalue weighted by Gasteiger charge is -2.11. The fraction of sp³-hybridized carbons (Fsp3) is 0.167. The van der Waals surface area contributed by atoms with Crippen molar-refractivity contribution in [1.29, 1.82) is 0 Å². The Morgan fingerprint density at radius 1 is 1.03 bits per heavy atom. The fourth-order valence-electron chi connectivity index (χ4n) is 3.11. The molecule has 0 aliphatic rings. The first-order valence-corrected chi connectivity index (χ1v) is 10.1. The van der Waals surface area contributed by atoms with Crippen molar-refractivity contribution >= 4 is 11.6 Å². The third-order valence-corrected chi connectivity index (χ3v) is 4.69. The topological polar surface area (TPSA) is 91.2 Å². The van der Waals surface area contributed by atoms with E-state index in [0.717, 1.165) is 11.4 Å². The maximum Gasteiger partial charge on any atom is 0.262 e. The molecule has 1 N–H and O–H groups in total. The summed E-state index contributed by atoms with van der Waals surface area (Å²) in [4.78, 5) is 25.2. The zero-order chi connectivity index (χ0) is 22.5. The highest BCUT2D eigenvalue weighted by Crippen LogP contribution is 2.23. The van der Waals surface area contributed by atoms with Crippen molar-refractivity contribution in [2.45, 2.75) is 20.8 Å². The molecule has 0 fully saturated rings. The monoisotopic (exact) mass is 429 g/mol. The highest BCUT2D eigenvalue weighted by Gasteiger charge is 2.09. The number of para-hydroxylation sites is 1. The zero-order valence-electron chi connectivity index (χ0n) is 18.1. The van der Waals surface area contributed by atoms with Gasteiger partial charge in [0.2, 0.25) is 5.88 Å². The number of aryl methyl sites for hydroxylation is 3. The fourth-order valence-corrected chi connectivity index (χ4v) is 3.11. The Hall–Kier alpha value is -4.20. The maximum atomic E-state index is 12.2. The number of carbonyl (C=O) groups excluding carboxylic acids is 1. The molecule has 0 aliphatic carbocycles. The van der Waals surface area contributed by atoms with Crippen molar-refractivity contribution in [3.8, 4) is 23.2 Å². The molecule has 0 atom stereocenters. The largest absolute Gasteiger partial charge is 0.483 e. The summed E-state index contributed by atoms with van der Waals surface area (Å²) < 4.78 is 13.3. The van der Waals surface area contributed by atoms with Gasteiger partial charge in [-0.05, 0) is 56.7 Å². The van der Waals surface area contributed by atoms with Gasteiger partial charge in [-0.3, -0.25) is 9.36 Å². The van der Waals surface area contributed by atoms with Crippen LogP contribution in [0.3, 0.4) is 0 Å². The molecular formula is C24H23N5O3. The van der Waals surface area contributed by atoms with Crippen LogP contribution in [0.25, 0.3) is 5.82 Å². The number of aromatic nitrogens is 4. The van der Waals surface area contributed by atoms with Crippen molar-refractivity contribution in [2.75, 3.05) is 11.9 Å². The summed E-state index contributed by atoms with van der Waals surface area (Å²) in [6.07, 6.45) is 3.55. The van der Waals surface area contributed by atoms with Gasteiger partial charge in [-0.15, -0.1) is 0 Å². The van der Waals surface area contributed by atoms with E-state index in [1.54, 1.807) is 43.5 Å². The lowest BCUT2D eigenvalue weighted by molar-refractivity contribution is -0.118. The number of nitrogens with one attached hydrogen (secondary N) is 1. The van der Waals surface area contributed by atoms with Crippen LogP contribution in [0.1, 0.15) is 17.2 Å². The van der Waals surface area contributed by atoms with Crippen LogP contribution in [0.4, 0.5) is 5.69 Å². The molecule has 8 heteroatoms. The Morgan fingerprint density at radius 3 is 2.53 bits per heavy atom. The van der Waals surface area contributed by atoms with E-state index in [0.29, 0.717) is 34.7 Å². The Morgan fingerprint density at radius 2 is 1.81 bits per heavy atom. The minimum absolute atomic E-state index is 0.0697. The zero-order valence-corrected chi connectivity index (χ0v) is 18.1. The summed E-state index contributed by atoms with van der Waals surface area (Å²) in [6, 6.07) is 16.4. The molecule has 32 heavy (non-hydrogen) atoms. The number of nitrogens with zero attached hydrogens (tertiary/aromatic N) is 4. The van der Waals surface area contributed by atoms with E-state index in [4.69, 9.17) is 9.47 Å². The van der Waals surface area contributed by atoms with E-state index in [-0.39, 0.29) is 12.5 Å². The third-order valence-electron chi connectivity index (χ3n) is 4.69. The van der Waals surface area contributed by atoms with E-state index in [1.165, 1.54) is 0 Å². The van der Waals surface area contributed by atoms with Crippen LogP contribution in [0.15, 0.2) is 67.0 Å². The Labute approximate surface area is 185 Å². The highest BCUT2D eigenvalue weighted by atomic mass is 16.5. The molecule has 0 saturated heterocycles. The van der Waals surface area contributed by atoms with Gasteiger partial charge < -0.3 is 14.8 Å². The van der Waals surface area contributed by atoms with Gasteiger partial charge in [0.1, 0.15) is 29.0 Å². The number of rotatable bonds is 7. The minimum atomic E-state index is -0.242. The first kappa shape index (κ1) is 21.0. The molecule has 2 heterocycles. The molecule has 0 aliphatic heterocycles. The quantitative estimate of drug-likeness (QED) is 0.468. The second-order valence-electron chi connectivity index (χ2n) is 7.18. The Bertz CT molecular complexity index is 1230.